The van der Waals surface area contributed by atoms with Gasteiger partial charge in [-0.2, -0.15) is 0 Å². The van der Waals surface area contributed by atoms with Gasteiger partial charge in [0.15, 0.2) is 18.3 Å². The van der Waals surface area contributed by atoms with Crippen molar-refractivity contribution in [2.75, 3.05) is 34.5 Å². The number of esters is 4. The summed E-state index contributed by atoms with van der Waals surface area (Å²) in [6.07, 6.45) is -1.79. The summed E-state index contributed by atoms with van der Waals surface area (Å²) in [4.78, 5) is 43.6. The van der Waals surface area contributed by atoms with Crippen LogP contribution >= 0.6 is 0 Å². The first kappa shape index (κ1) is 27.0. The molecular weight excluding hydrogens is 364 g/mol. The van der Waals surface area contributed by atoms with Crippen LogP contribution in [0.25, 0.3) is 0 Å². The molecule has 0 amide bonds. The zero-order valence-corrected chi connectivity index (χ0v) is 16.9. The van der Waals surface area contributed by atoms with Gasteiger partial charge in [0.05, 0.1) is 20.3 Å². The van der Waals surface area contributed by atoms with Crippen LogP contribution in [0.1, 0.15) is 34.1 Å². The highest BCUT2D eigenvalue weighted by Crippen LogP contribution is 2.01. The number of hydrogen-bond acceptors (Lipinski definition) is 10. The highest BCUT2D eigenvalue weighted by molar-refractivity contribution is 5.80. The lowest BCUT2D eigenvalue weighted by Crippen LogP contribution is -2.31. The van der Waals surface area contributed by atoms with Crippen LogP contribution in [0, 0.1) is 0 Å². The quantitative estimate of drug-likeness (QED) is 0.296. The van der Waals surface area contributed by atoms with E-state index in [0.29, 0.717) is 6.42 Å². The molecule has 0 spiro atoms. The fourth-order valence-corrected chi connectivity index (χ4v) is 1.24. The lowest BCUT2D eigenvalue weighted by atomic mass is 10.3. The molecule has 27 heavy (non-hydrogen) atoms. The summed E-state index contributed by atoms with van der Waals surface area (Å²) in [7, 11) is 4.16. The third kappa shape index (κ3) is 14.6. The Labute approximate surface area is 159 Å². The van der Waals surface area contributed by atoms with Crippen LogP contribution in [0.15, 0.2) is 0 Å². The second kappa shape index (κ2) is 16.0. The minimum absolute atomic E-state index is 0.0911. The number of carbonyl (C=O) groups excluding carboxylic acids is 4. The molecule has 10 heteroatoms. The van der Waals surface area contributed by atoms with Gasteiger partial charge in [0.25, 0.3) is 0 Å². The Morgan fingerprint density at radius 1 is 0.704 bits per heavy atom. The third-order valence-electron chi connectivity index (χ3n) is 3.04. The van der Waals surface area contributed by atoms with E-state index in [1.165, 1.54) is 42.1 Å². The number of rotatable bonds is 10. The van der Waals surface area contributed by atoms with Crippen LogP contribution in [0.5, 0.6) is 0 Å². The summed E-state index contributed by atoms with van der Waals surface area (Å²) in [5.41, 5.74) is 0. The summed E-state index contributed by atoms with van der Waals surface area (Å²) in [6.45, 7) is 6.12. The molecule has 0 rings (SSSR count). The molecule has 0 fully saturated rings. The van der Waals surface area contributed by atoms with Gasteiger partial charge in [0.2, 0.25) is 0 Å². The molecule has 0 saturated carbocycles. The van der Waals surface area contributed by atoms with Crippen molar-refractivity contribution in [3.05, 3.63) is 0 Å². The van der Waals surface area contributed by atoms with Crippen LogP contribution in [-0.4, -0.2) is 76.7 Å². The summed E-state index contributed by atoms with van der Waals surface area (Å²) >= 11 is 0. The monoisotopic (exact) mass is 394 g/mol. The Morgan fingerprint density at radius 2 is 1.19 bits per heavy atom. The molecule has 0 aliphatic carbocycles. The predicted molar refractivity (Wildman–Crippen MR) is 92.7 cm³/mol. The Morgan fingerprint density at radius 3 is 1.59 bits per heavy atom. The second-order valence-electron chi connectivity index (χ2n) is 5.22. The van der Waals surface area contributed by atoms with Gasteiger partial charge < -0.3 is 28.4 Å². The standard InChI is InChI=1S/C12H20O7.C5H10O3/c1-8(16-4)12(15)19-9(2)11(14)18-7-5-6-17-10(3)13;1-4(7-2)5(6)8-3/h8-9H,5-7H2,1-4H3;4H,1-3H3. The van der Waals surface area contributed by atoms with Crippen molar-refractivity contribution < 1.29 is 47.6 Å². The van der Waals surface area contributed by atoms with Crippen LogP contribution in [0.2, 0.25) is 0 Å². The smallest absolute Gasteiger partial charge is 0.347 e. The van der Waals surface area contributed by atoms with Gasteiger partial charge in [-0.3, -0.25) is 4.79 Å². The van der Waals surface area contributed by atoms with E-state index in [9.17, 15) is 19.2 Å². The normalized spacial score (nSPS) is 13.1. The van der Waals surface area contributed by atoms with Crippen molar-refractivity contribution in [3.63, 3.8) is 0 Å². The number of ether oxygens (including phenoxy) is 6. The maximum atomic E-state index is 11.4. The van der Waals surface area contributed by atoms with E-state index < -0.39 is 30.3 Å². The van der Waals surface area contributed by atoms with Crippen LogP contribution in [-0.2, 0) is 47.6 Å². The largest absolute Gasteiger partial charge is 0.467 e. The maximum Gasteiger partial charge on any atom is 0.347 e. The topological polar surface area (TPSA) is 124 Å². The molecule has 3 unspecified atom stereocenters. The van der Waals surface area contributed by atoms with Gasteiger partial charge in [0.1, 0.15) is 0 Å². The van der Waals surface area contributed by atoms with Crippen molar-refractivity contribution in [1.82, 2.24) is 0 Å². The Bertz CT molecular complexity index is 463. The predicted octanol–water partition coefficient (Wildman–Crippen LogP) is 0.644. The highest BCUT2D eigenvalue weighted by atomic mass is 16.6. The third-order valence-corrected chi connectivity index (χ3v) is 3.04. The van der Waals surface area contributed by atoms with Gasteiger partial charge in [-0.05, 0) is 20.8 Å². The zero-order chi connectivity index (χ0) is 21.4. The van der Waals surface area contributed by atoms with E-state index in [2.05, 4.69) is 14.2 Å². The highest BCUT2D eigenvalue weighted by Gasteiger charge is 2.22. The van der Waals surface area contributed by atoms with E-state index in [-0.39, 0.29) is 25.2 Å². The van der Waals surface area contributed by atoms with Crippen molar-refractivity contribution in [1.29, 1.82) is 0 Å². The van der Waals surface area contributed by atoms with Gasteiger partial charge in [0, 0.05) is 27.6 Å². The van der Waals surface area contributed by atoms with Crippen LogP contribution in [0.4, 0.5) is 0 Å². The Kier molecular flexibility index (Phi) is 16.0. The molecule has 0 aliphatic rings. The average Bonchev–Trinajstić information content (AvgIpc) is 2.65. The first-order valence-electron chi connectivity index (χ1n) is 8.24. The molecule has 0 heterocycles. The van der Waals surface area contributed by atoms with Crippen molar-refractivity contribution in [2.45, 2.75) is 52.4 Å². The molecule has 0 aliphatic heterocycles. The molecule has 0 bridgehead atoms. The molecule has 158 valence electrons. The first-order chi connectivity index (χ1) is 12.6. The van der Waals surface area contributed by atoms with E-state index in [4.69, 9.17) is 14.2 Å². The molecule has 0 aromatic rings. The van der Waals surface area contributed by atoms with Crippen molar-refractivity contribution in [3.8, 4) is 0 Å². The molecule has 0 radical (unpaired) electrons. The van der Waals surface area contributed by atoms with Gasteiger partial charge >= 0.3 is 23.9 Å². The van der Waals surface area contributed by atoms with Gasteiger partial charge in [-0.25, -0.2) is 14.4 Å². The van der Waals surface area contributed by atoms with Crippen molar-refractivity contribution in [2.24, 2.45) is 0 Å². The fourth-order valence-electron chi connectivity index (χ4n) is 1.24. The zero-order valence-electron chi connectivity index (χ0n) is 16.9. The lowest BCUT2D eigenvalue weighted by Gasteiger charge is -2.15. The molecule has 0 N–H and O–H groups in total. The molecular formula is C17H30O10. The van der Waals surface area contributed by atoms with E-state index in [1.54, 1.807) is 6.92 Å². The fraction of sp³-hybridized carbons (Fsp3) is 0.765. The van der Waals surface area contributed by atoms with Gasteiger partial charge in [-0.1, -0.05) is 0 Å². The second-order valence-corrected chi connectivity index (χ2v) is 5.22. The summed E-state index contributed by atoms with van der Waals surface area (Å²) in [5, 5.41) is 0. The maximum absolute atomic E-state index is 11.4. The van der Waals surface area contributed by atoms with E-state index in [0.717, 1.165) is 0 Å². The summed E-state index contributed by atoms with van der Waals surface area (Å²) in [6, 6.07) is 0. The Hall–Kier alpha value is -2.20. The molecule has 10 nitrogen and oxygen atoms in total. The number of hydrogen-bond donors (Lipinski definition) is 0. The molecule has 3 atom stereocenters. The number of carbonyl (C=O) groups is 4. The van der Waals surface area contributed by atoms with E-state index >= 15 is 0 Å². The SMILES string of the molecule is COC(=O)C(C)OC.COC(C)C(=O)OC(C)C(=O)OCCCOC(C)=O. The first-order valence-corrected chi connectivity index (χ1v) is 8.24. The Balaban J connectivity index is 0. The number of methoxy groups -OCH3 is 3. The van der Waals surface area contributed by atoms with Crippen LogP contribution in [0.3, 0.4) is 0 Å². The van der Waals surface area contributed by atoms with E-state index in [1.807, 2.05) is 0 Å². The average molecular weight is 394 g/mol. The molecule has 0 aromatic heterocycles. The molecule has 0 aromatic carbocycles. The summed E-state index contributed by atoms with van der Waals surface area (Å²) in [5.74, 6) is -2.01. The molecule has 0 saturated heterocycles. The minimum atomic E-state index is -1.00. The van der Waals surface area contributed by atoms with Crippen LogP contribution < -0.4 is 0 Å². The minimum Gasteiger partial charge on any atom is -0.467 e. The van der Waals surface area contributed by atoms with Crippen molar-refractivity contribution >= 4 is 23.9 Å². The lowest BCUT2D eigenvalue weighted by molar-refractivity contribution is -0.172. The van der Waals surface area contributed by atoms with Gasteiger partial charge in [-0.15, -0.1) is 0 Å². The summed E-state index contributed by atoms with van der Waals surface area (Å²) < 4.78 is 28.1.